The molecule has 0 fully saturated rings. The number of carbonyl (C=O) groups excluding carboxylic acids is 1. The number of benzene rings is 1. The van der Waals surface area contributed by atoms with E-state index in [1.165, 1.54) is 12.1 Å². The summed E-state index contributed by atoms with van der Waals surface area (Å²) in [6, 6.07) is 6.45. The number of phenolic OH excluding ortho intramolecular Hbond substituents is 1. The van der Waals surface area contributed by atoms with Crippen molar-refractivity contribution in [3.8, 4) is 5.75 Å². The van der Waals surface area contributed by atoms with Crippen LogP contribution in [-0.4, -0.2) is 22.1 Å². The molecule has 0 aliphatic carbocycles. The van der Waals surface area contributed by atoms with E-state index in [1.807, 2.05) is 6.92 Å². The van der Waals surface area contributed by atoms with E-state index in [2.05, 4.69) is 0 Å². The molecule has 1 unspecified atom stereocenters. The van der Waals surface area contributed by atoms with Gasteiger partial charge in [-0.25, -0.2) is 0 Å². The van der Waals surface area contributed by atoms with Gasteiger partial charge in [0, 0.05) is 6.42 Å². The van der Waals surface area contributed by atoms with Gasteiger partial charge in [-0.2, -0.15) is 0 Å². The Balaban J connectivity index is 2.54. The molecule has 0 aliphatic heterocycles. The molecule has 15 heavy (non-hydrogen) atoms. The van der Waals surface area contributed by atoms with Crippen molar-refractivity contribution in [2.45, 2.75) is 32.3 Å². The van der Waals surface area contributed by atoms with Crippen molar-refractivity contribution in [2.75, 3.05) is 0 Å². The van der Waals surface area contributed by atoms with Gasteiger partial charge in [-0.1, -0.05) is 25.5 Å². The molecule has 0 bridgehead atoms. The first kappa shape index (κ1) is 11.7. The lowest BCUT2D eigenvalue weighted by molar-refractivity contribution is -0.126. The summed E-state index contributed by atoms with van der Waals surface area (Å²) in [5.74, 6) is 0.0165. The second kappa shape index (κ2) is 5.51. The van der Waals surface area contributed by atoms with Crippen molar-refractivity contribution in [1.82, 2.24) is 0 Å². The van der Waals surface area contributed by atoms with Gasteiger partial charge >= 0.3 is 0 Å². The zero-order chi connectivity index (χ0) is 11.3. The Hall–Kier alpha value is -1.35. The zero-order valence-corrected chi connectivity index (χ0v) is 8.81. The van der Waals surface area contributed by atoms with Gasteiger partial charge in [-0.3, -0.25) is 4.79 Å². The third-order valence-corrected chi connectivity index (χ3v) is 2.25. The molecule has 0 radical (unpaired) electrons. The molecule has 1 aromatic carbocycles. The number of Topliss-reactive ketones (excluding diaryl/α,β-unsaturated/α-hetero) is 1. The quantitative estimate of drug-likeness (QED) is 0.773. The van der Waals surface area contributed by atoms with Gasteiger partial charge in [0.1, 0.15) is 11.9 Å². The molecular weight excluding hydrogens is 192 g/mol. The van der Waals surface area contributed by atoms with Gasteiger partial charge < -0.3 is 10.2 Å². The normalized spacial score (nSPS) is 12.4. The van der Waals surface area contributed by atoms with E-state index in [-0.39, 0.29) is 18.0 Å². The van der Waals surface area contributed by atoms with Crippen LogP contribution >= 0.6 is 0 Å². The van der Waals surface area contributed by atoms with E-state index >= 15 is 0 Å². The average molecular weight is 208 g/mol. The second-order valence-corrected chi connectivity index (χ2v) is 3.61. The lowest BCUT2D eigenvalue weighted by Crippen LogP contribution is -2.21. The molecule has 0 spiro atoms. The highest BCUT2D eigenvalue weighted by Crippen LogP contribution is 2.11. The summed E-state index contributed by atoms with van der Waals surface area (Å²) in [4.78, 5) is 11.5. The lowest BCUT2D eigenvalue weighted by Gasteiger charge is -2.07. The number of ketones is 1. The summed E-state index contributed by atoms with van der Waals surface area (Å²) >= 11 is 0. The van der Waals surface area contributed by atoms with Gasteiger partial charge in [0.15, 0.2) is 5.78 Å². The number of hydrogen-bond donors (Lipinski definition) is 2. The van der Waals surface area contributed by atoms with Gasteiger partial charge in [-0.05, 0) is 24.1 Å². The van der Waals surface area contributed by atoms with Gasteiger partial charge in [-0.15, -0.1) is 0 Å². The fourth-order valence-corrected chi connectivity index (χ4v) is 1.37. The summed E-state index contributed by atoms with van der Waals surface area (Å²) in [6.45, 7) is 1.93. The number of phenols is 1. The fraction of sp³-hybridized carbons (Fsp3) is 0.417. The molecule has 1 atom stereocenters. The first-order valence-corrected chi connectivity index (χ1v) is 5.12. The van der Waals surface area contributed by atoms with Crippen LogP contribution in [0.2, 0.25) is 0 Å². The van der Waals surface area contributed by atoms with E-state index < -0.39 is 6.10 Å². The molecule has 0 aliphatic rings. The van der Waals surface area contributed by atoms with Crippen LogP contribution in [0.15, 0.2) is 24.3 Å². The molecule has 1 rings (SSSR count). The number of aromatic hydroxyl groups is 1. The predicted molar refractivity (Wildman–Crippen MR) is 57.7 cm³/mol. The largest absolute Gasteiger partial charge is 0.508 e. The molecule has 0 aromatic heterocycles. The van der Waals surface area contributed by atoms with E-state index in [4.69, 9.17) is 5.11 Å². The summed E-state index contributed by atoms with van der Waals surface area (Å²) in [5.41, 5.74) is 0.813. The van der Waals surface area contributed by atoms with Crippen LogP contribution in [0, 0.1) is 0 Å². The van der Waals surface area contributed by atoms with E-state index in [0.717, 1.165) is 12.0 Å². The maximum atomic E-state index is 11.5. The minimum atomic E-state index is -0.858. The highest BCUT2D eigenvalue weighted by Gasteiger charge is 2.13. The van der Waals surface area contributed by atoms with Crippen molar-refractivity contribution in [3.05, 3.63) is 29.8 Å². The van der Waals surface area contributed by atoms with Crippen molar-refractivity contribution in [3.63, 3.8) is 0 Å². The number of carbonyl (C=O) groups is 1. The lowest BCUT2D eigenvalue weighted by atomic mass is 10.0. The topological polar surface area (TPSA) is 57.5 Å². The molecule has 1 aromatic rings. The molecule has 82 valence electrons. The summed E-state index contributed by atoms with van der Waals surface area (Å²) in [5, 5.41) is 18.5. The summed E-state index contributed by atoms with van der Waals surface area (Å²) in [6.07, 6.45) is 0.671. The van der Waals surface area contributed by atoms with Crippen LogP contribution in [0.3, 0.4) is 0 Å². The number of rotatable bonds is 5. The van der Waals surface area contributed by atoms with Gasteiger partial charge in [0.25, 0.3) is 0 Å². The second-order valence-electron chi connectivity index (χ2n) is 3.61. The highest BCUT2D eigenvalue weighted by atomic mass is 16.3. The monoisotopic (exact) mass is 208 g/mol. The first-order valence-electron chi connectivity index (χ1n) is 5.12. The maximum Gasteiger partial charge on any atom is 0.165 e. The van der Waals surface area contributed by atoms with Crippen LogP contribution in [0.5, 0.6) is 5.75 Å². The number of hydrogen-bond acceptors (Lipinski definition) is 3. The fourth-order valence-electron chi connectivity index (χ4n) is 1.37. The Labute approximate surface area is 89.4 Å². The summed E-state index contributed by atoms with van der Waals surface area (Å²) < 4.78 is 0. The zero-order valence-electron chi connectivity index (χ0n) is 8.81. The highest BCUT2D eigenvalue weighted by molar-refractivity contribution is 5.84. The molecule has 0 saturated heterocycles. The minimum Gasteiger partial charge on any atom is -0.508 e. The van der Waals surface area contributed by atoms with Crippen LogP contribution in [-0.2, 0) is 11.2 Å². The Kier molecular flexibility index (Phi) is 4.31. The third-order valence-electron chi connectivity index (χ3n) is 2.25. The Morgan fingerprint density at radius 2 is 1.93 bits per heavy atom. The number of aliphatic hydroxyl groups is 1. The number of aliphatic hydroxyl groups excluding tert-OH is 1. The molecule has 3 heteroatoms. The summed E-state index contributed by atoms with van der Waals surface area (Å²) in [7, 11) is 0. The van der Waals surface area contributed by atoms with Crippen LogP contribution in [0.25, 0.3) is 0 Å². The Morgan fingerprint density at radius 1 is 1.33 bits per heavy atom. The SMILES string of the molecule is CCCC(O)C(=O)Cc1ccc(O)cc1. The average Bonchev–Trinajstić information content (AvgIpc) is 2.22. The molecule has 0 saturated carbocycles. The minimum absolute atomic E-state index is 0.164. The van der Waals surface area contributed by atoms with Crippen LogP contribution < -0.4 is 0 Å². The van der Waals surface area contributed by atoms with Crippen LogP contribution in [0.1, 0.15) is 25.3 Å². The molecule has 2 N–H and O–H groups in total. The standard InChI is InChI=1S/C12H16O3/c1-2-3-11(14)12(15)8-9-4-6-10(13)7-5-9/h4-7,11,13-14H,2-3,8H2,1H3. The van der Waals surface area contributed by atoms with Crippen molar-refractivity contribution >= 4 is 5.78 Å². The Bertz CT molecular complexity index is 316. The predicted octanol–water partition coefficient (Wildman–Crippen LogP) is 1.66. The maximum absolute atomic E-state index is 11.5. The molecular formula is C12H16O3. The van der Waals surface area contributed by atoms with Crippen molar-refractivity contribution in [2.24, 2.45) is 0 Å². The smallest absolute Gasteiger partial charge is 0.165 e. The molecule has 0 amide bonds. The Morgan fingerprint density at radius 3 is 2.47 bits per heavy atom. The van der Waals surface area contributed by atoms with E-state index in [9.17, 15) is 9.90 Å². The third kappa shape index (κ3) is 3.72. The molecule has 0 heterocycles. The van der Waals surface area contributed by atoms with Gasteiger partial charge in [0.2, 0.25) is 0 Å². The van der Waals surface area contributed by atoms with E-state index in [0.29, 0.717) is 6.42 Å². The first-order chi connectivity index (χ1) is 7.13. The molecule has 3 nitrogen and oxygen atoms in total. The van der Waals surface area contributed by atoms with Crippen LogP contribution in [0.4, 0.5) is 0 Å². The van der Waals surface area contributed by atoms with Crippen molar-refractivity contribution in [1.29, 1.82) is 0 Å². The van der Waals surface area contributed by atoms with Gasteiger partial charge in [0.05, 0.1) is 0 Å². The van der Waals surface area contributed by atoms with Crippen molar-refractivity contribution < 1.29 is 15.0 Å². The van der Waals surface area contributed by atoms with E-state index in [1.54, 1.807) is 12.1 Å².